The standard InChI is InChI=1S/C9H9FN2O2/c10-7-5-11(6-7)8-2-1-3-9(4-8)12(13)14/h1-4,7H,5-6H2. The molecule has 0 aliphatic carbocycles. The normalized spacial score (nSPS) is 16.5. The number of rotatable bonds is 2. The molecule has 0 unspecified atom stereocenters. The number of halogens is 1. The number of nitro groups is 1. The lowest BCUT2D eigenvalue weighted by Crippen LogP contribution is -2.48. The predicted octanol–water partition coefficient (Wildman–Crippen LogP) is 1.75. The summed E-state index contributed by atoms with van der Waals surface area (Å²) in [5.41, 5.74) is 0.762. The average Bonchev–Trinajstić information content (AvgIpc) is 2.13. The van der Waals surface area contributed by atoms with Crippen LogP contribution >= 0.6 is 0 Å². The molecule has 0 aromatic heterocycles. The van der Waals surface area contributed by atoms with Gasteiger partial charge >= 0.3 is 0 Å². The summed E-state index contributed by atoms with van der Waals surface area (Å²) >= 11 is 0. The summed E-state index contributed by atoms with van der Waals surface area (Å²) in [5, 5.41) is 10.5. The van der Waals surface area contributed by atoms with Crippen LogP contribution < -0.4 is 4.90 Å². The van der Waals surface area contributed by atoms with E-state index in [1.165, 1.54) is 12.1 Å². The van der Waals surface area contributed by atoms with Gasteiger partial charge in [-0.2, -0.15) is 0 Å². The molecule has 0 spiro atoms. The van der Waals surface area contributed by atoms with Gasteiger partial charge in [0, 0.05) is 17.8 Å². The maximum Gasteiger partial charge on any atom is 0.271 e. The highest BCUT2D eigenvalue weighted by atomic mass is 19.1. The van der Waals surface area contributed by atoms with Crippen LogP contribution in [0.15, 0.2) is 24.3 Å². The van der Waals surface area contributed by atoms with Crippen molar-refractivity contribution < 1.29 is 9.31 Å². The van der Waals surface area contributed by atoms with E-state index in [1.807, 2.05) is 0 Å². The quantitative estimate of drug-likeness (QED) is 0.534. The third kappa shape index (κ3) is 1.53. The molecule has 1 heterocycles. The molecule has 0 radical (unpaired) electrons. The summed E-state index contributed by atoms with van der Waals surface area (Å²) in [6, 6.07) is 6.25. The molecule has 74 valence electrons. The summed E-state index contributed by atoms with van der Waals surface area (Å²) in [7, 11) is 0. The number of alkyl halides is 1. The monoisotopic (exact) mass is 196 g/mol. The lowest BCUT2D eigenvalue weighted by atomic mass is 10.1. The largest absolute Gasteiger partial charge is 0.365 e. The highest BCUT2D eigenvalue weighted by Gasteiger charge is 2.26. The van der Waals surface area contributed by atoms with E-state index in [0.29, 0.717) is 18.8 Å². The van der Waals surface area contributed by atoms with Crippen LogP contribution in [-0.4, -0.2) is 24.2 Å². The van der Waals surface area contributed by atoms with Gasteiger partial charge in [0.05, 0.1) is 18.0 Å². The summed E-state index contributed by atoms with van der Waals surface area (Å²) in [5.74, 6) is 0. The Bertz CT molecular complexity index is 364. The van der Waals surface area contributed by atoms with Crippen LogP contribution in [-0.2, 0) is 0 Å². The number of hydrogen-bond acceptors (Lipinski definition) is 3. The van der Waals surface area contributed by atoms with Gasteiger partial charge in [-0.1, -0.05) is 6.07 Å². The van der Waals surface area contributed by atoms with Gasteiger partial charge in [-0.3, -0.25) is 10.1 Å². The van der Waals surface area contributed by atoms with Crippen molar-refractivity contribution in [1.29, 1.82) is 0 Å². The molecule has 4 nitrogen and oxygen atoms in total. The molecule has 0 amide bonds. The molecule has 1 saturated heterocycles. The van der Waals surface area contributed by atoms with E-state index < -0.39 is 11.1 Å². The zero-order chi connectivity index (χ0) is 10.1. The van der Waals surface area contributed by atoms with E-state index in [-0.39, 0.29) is 5.69 Å². The third-order valence-corrected chi connectivity index (χ3v) is 2.24. The van der Waals surface area contributed by atoms with E-state index in [1.54, 1.807) is 17.0 Å². The number of non-ortho nitro benzene ring substituents is 1. The Kier molecular flexibility index (Phi) is 2.07. The zero-order valence-electron chi connectivity index (χ0n) is 7.39. The van der Waals surface area contributed by atoms with Gasteiger partial charge in [0.25, 0.3) is 5.69 Å². The van der Waals surface area contributed by atoms with E-state index in [9.17, 15) is 14.5 Å². The predicted molar refractivity (Wildman–Crippen MR) is 50.2 cm³/mol. The van der Waals surface area contributed by atoms with E-state index in [0.717, 1.165) is 0 Å². The van der Waals surface area contributed by atoms with Gasteiger partial charge in [0.15, 0.2) is 0 Å². The molecule has 0 bridgehead atoms. The molecule has 1 aliphatic rings. The Balaban J connectivity index is 2.18. The first kappa shape index (κ1) is 8.93. The van der Waals surface area contributed by atoms with Crippen LogP contribution in [0.4, 0.5) is 15.8 Å². The van der Waals surface area contributed by atoms with Crippen molar-refractivity contribution in [2.45, 2.75) is 6.17 Å². The number of hydrogen-bond donors (Lipinski definition) is 0. The molecule has 1 fully saturated rings. The fourth-order valence-corrected chi connectivity index (χ4v) is 1.44. The highest BCUT2D eigenvalue weighted by molar-refractivity contribution is 5.55. The number of nitro benzene ring substituents is 1. The fourth-order valence-electron chi connectivity index (χ4n) is 1.44. The van der Waals surface area contributed by atoms with Crippen molar-refractivity contribution >= 4 is 11.4 Å². The SMILES string of the molecule is O=[N+]([O-])c1cccc(N2CC(F)C2)c1. The van der Waals surface area contributed by atoms with Gasteiger partial charge in [-0.25, -0.2) is 4.39 Å². The third-order valence-electron chi connectivity index (χ3n) is 2.24. The maximum absolute atomic E-state index is 12.5. The highest BCUT2D eigenvalue weighted by Crippen LogP contribution is 2.25. The smallest absolute Gasteiger partial charge is 0.271 e. The van der Waals surface area contributed by atoms with E-state index in [2.05, 4.69) is 0 Å². The molecule has 0 saturated carbocycles. The molecule has 1 aromatic rings. The minimum atomic E-state index is -0.797. The van der Waals surface area contributed by atoms with Crippen LogP contribution in [0.5, 0.6) is 0 Å². The molecule has 2 rings (SSSR count). The molecular weight excluding hydrogens is 187 g/mol. The first-order chi connectivity index (χ1) is 6.66. The molecule has 5 heteroatoms. The minimum absolute atomic E-state index is 0.0461. The van der Waals surface area contributed by atoms with Gasteiger partial charge in [0.1, 0.15) is 6.17 Å². The summed E-state index contributed by atoms with van der Waals surface area (Å²) in [6.07, 6.45) is -0.797. The van der Waals surface area contributed by atoms with Crippen LogP contribution in [0, 0.1) is 10.1 Å². The van der Waals surface area contributed by atoms with Crippen molar-refractivity contribution in [2.75, 3.05) is 18.0 Å². The Hall–Kier alpha value is -1.65. The minimum Gasteiger partial charge on any atom is -0.365 e. The molecule has 1 aromatic carbocycles. The van der Waals surface area contributed by atoms with Crippen LogP contribution in [0.2, 0.25) is 0 Å². The molecule has 0 atom stereocenters. The van der Waals surface area contributed by atoms with E-state index in [4.69, 9.17) is 0 Å². The van der Waals surface area contributed by atoms with Crippen LogP contribution in [0.25, 0.3) is 0 Å². The van der Waals surface area contributed by atoms with Crippen molar-refractivity contribution in [1.82, 2.24) is 0 Å². The summed E-state index contributed by atoms with van der Waals surface area (Å²) in [4.78, 5) is 11.8. The lowest BCUT2D eigenvalue weighted by molar-refractivity contribution is -0.384. The van der Waals surface area contributed by atoms with Crippen molar-refractivity contribution in [3.63, 3.8) is 0 Å². The maximum atomic E-state index is 12.5. The summed E-state index contributed by atoms with van der Waals surface area (Å²) in [6.45, 7) is 0.669. The van der Waals surface area contributed by atoms with Crippen LogP contribution in [0.1, 0.15) is 0 Å². The van der Waals surface area contributed by atoms with Crippen molar-refractivity contribution in [3.8, 4) is 0 Å². The molecule has 0 N–H and O–H groups in total. The van der Waals surface area contributed by atoms with Crippen LogP contribution in [0.3, 0.4) is 0 Å². The number of anilines is 1. The molecule has 14 heavy (non-hydrogen) atoms. The second-order valence-corrected chi connectivity index (χ2v) is 3.28. The topological polar surface area (TPSA) is 46.4 Å². The number of nitrogens with zero attached hydrogens (tertiary/aromatic N) is 2. The van der Waals surface area contributed by atoms with Gasteiger partial charge in [-0.15, -0.1) is 0 Å². The number of benzene rings is 1. The Morgan fingerprint density at radius 1 is 1.50 bits per heavy atom. The molecular formula is C9H9FN2O2. The molecule has 1 aliphatic heterocycles. The van der Waals surface area contributed by atoms with Gasteiger partial charge in [-0.05, 0) is 6.07 Å². The summed E-state index contributed by atoms with van der Waals surface area (Å²) < 4.78 is 12.5. The first-order valence-electron chi connectivity index (χ1n) is 4.30. The first-order valence-corrected chi connectivity index (χ1v) is 4.30. The van der Waals surface area contributed by atoms with Gasteiger partial charge in [0.2, 0.25) is 0 Å². The Labute approximate surface area is 80.1 Å². The lowest BCUT2D eigenvalue weighted by Gasteiger charge is -2.36. The fraction of sp³-hybridized carbons (Fsp3) is 0.333. The van der Waals surface area contributed by atoms with Crippen molar-refractivity contribution in [3.05, 3.63) is 34.4 Å². The Morgan fingerprint density at radius 3 is 2.79 bits per heavy atom. The van der Waals surface area contributed by atoms with E-state index >= 15 is 0 Å². The van der Waals surface area contributed by atoms with Gasteiger partial charge < -0.3 is 4.90 Å². The average molecular weight is 196 g/mol. The van der Waals surface area contributed by atoms with Crippen molar-refractivity contribution in [2.24, 2.45) is 0 Å². The zero-order valence-corrected chi connectivity index (χ0v) is 7.39. The second-order valence-electron chi connectivity index (χ2n) is 3.28. The second kappa shape index (κ2) is 3.25. The Morgan fingerprint density at radius 2 is 2.21 bits per heavy atom.